The molecule has 1 heterocycles. The zero-order valence-corrected chi connectivity index (χ0v) is 16.5. The highest BCUT2D eigenvalue weighted by atomic mass is 79.9. The Morgan fingerprint density at radius 1 is 1.12 bits per heavy atom. The highest BCUT2D eigenvalue weighted by molar-refractivity contribution is 9.10. The molecule has 0 aliphatic rings. The van der Waals surface area contributed by atoms with Crippen molar-refractivity contribution in [1.29, 1.82) is 0 Å². The van der Waals surface area contributed by atoms with Crippen LogP contribution in [-0.4, -0.2) is 19.1 Å². The largest absolute Gasteiger partial charge is 0.494 e. The predicted molar refractivity (Wildman–Crippen MR) is 105 cm³/mol. The summed E-state index contributed by atoms with van der Waals surface area (Å²) < 4.78 is 17.8. The fraction of sp³-hybridized carbons (Fsp3) is 0.250. The number of fused-ring (bicyclic) bond motifs is 1. The van der Waals surface area contributed by atoms with E-state index in [0.717, 1.165) is 15.4 Å². The highest BCUT2D eigenvalue weighted by Crippen LogP contribution is 2.32. The van der Waals surface area contributed by atoms with Crippen LogP contribution in [0.15, 0.2) is 45.3 Å². The van der Waals surface area contributed by atoms with Gasteiger partial charge in [-0.15, -0.1) is 0 Å². The van der Waals surface area contributed by atoms with E-state index < -0.39 is 0 Å². The van der Waals surface area contributed by atoms with E-state index in [0.29, 0.717) is 36.0 Å². The Hall–Kier alpha value is -2.47. The lowest BCUT2D eigenvalue weighted by molar-refractivity contribution is 0.0997. The monoisotopic (exact) mass is 417 g/mol. The summed E-state index contributed by atoms with van der Waals surface area (Å²) in [6.07, 6.45) is 0. The van der Waals surface area contributed by atoms with Gasteiger partial charge < -0.3 is 19.2 Å². The molecule has 0 saturated heterocycles. The third-order valence-corrected chi connectivity index (χ3v) is 4.41. The molecule has 0 bridgehead atoms. The Morgan fingerprint density at radius 2 is 1.88 bits per heavy atom. The smallest absolute Gasteiger partial charge is 0.291 e. The van der Waals surface area contributed by atoms with E-state index >= 15 is 0 Å². The number of hydrogen-bond donors (Lipinski definition) is 1. The Labute approximate surface area is 160 Å². The van der Waals surface area contributed by atoms with Gasteiger partial charge in [0, 0.05) is 21.5 Å². The van der Waals surface area contributed by atoms with Crippen molar-refractivity contribution in [2.45, 2.75) is 20.8 Å². The summed E-state index contributed by atoms with van der Waals surface area (Å²) in [6, 6.07) is 11.0. The van der Waals surface area contributed by atoms with Crippen molar-refractivity contribution in [3.63, 3.8) is 0 Å². The lowest BCUT2D eigenvalue weighted by Gasteiger charge is -2.13. The third kappa shape index (κ3) is 3.70. The number of carbonyl (C=O) groups excluding carboxylic acids is 1. The summed E-state index contributed by atoms with van der Waals surface area (Å²) in [5, 5.41) is 3.78. The number of ether oxygens (including phenoxy) is 2. The number of halogens is 1. The van der Waals surface area contributed by atoms with Crippen molar-refractivity contribution in [2.75, 3.05) is 18.5 Å². The zero-order valence-electron chi connectivity index (χ0n) is 14.9. The molecule has 3 aromatic rings. The van der Waals surface area contributed by atoms with Gasteiger partial charge in [-0.2, -0.15) is 0 Å². The number of furan rings is 1. The highest BCUT2D eigenvalue weighted by Gasteiger charge is 2.19. The van der Waals surface area contributed by atoms with Gasteiger partial charge in [0.1, 0.15) is 17.1 Å². The maximum absolute atomic E-state index is 12.8. The number of rotatable bonds is 6. The van der Waals surface area contributed by atoms with Crippen LogP contribution in [0.1, 0.15) is 30.0 Å². The minimum atomic E-state index is -0.329. The van der Waals surface area contributed by atoms with Crippen molar-refractivity contribution in [3.05, 3.63) is 52.2 Å². The number of benzene rings is 2. The second-order valence-corrected chi connectivity index (χ2v) is 6.59. The first-order valence-corrected chi connectivity index (χ1v) is 9.22. The molecule has 26 heavy (non-hydrogen) atoms. The Bertz CT molecular complexity index is 948. The summed E-state index contributed by atoms with van der Waals surface area (Å²) in [4.78, 5) is 12.8. The van der Waals surface area contributed by atoms with E-state index in [1.165, 1.54) is 0 Å². The van der Waals surface area contributed by atoms with Crippen LogP contribution in [0.25, 0.3) is 11.0 Å². The molecule has 2 aromatic carbocycles. The van der Waals surface area contributed by atoms with Gasteiger partial charge >= 0.3 is 0 Å². The second-order valence-electron chi connectivity index (χ2n) is 5.67. The van der Waals surface area contributed by atoms with Gasteiger partial charge in [0.05, 0.1) is 18.9 Å². The minimum Gasteiger partial charge on any atom is -0.494 e. The summed E-state index contributed by atoms with van der Waals surface area (Å²) in [5.41, 5.74) is 2.01. The molecule has 0 unspecified atom stereocenters. The lowest BCUT2D eigenvalue weighted by Crippen LogP contribution is -2.13. The fourth-order valence-corrected chi connectivity index (χ4v) is 3.09. The molecule has 1 N–H and O–H groups in total. The maximum atomic E-state index is 12.8. The van der Waals surface area contributed by atoms with E-state index in [1.54, 1.807) is 12.1 Å². The van der Waals surface area contributed by atoms with Crippen LogP contribution in [0.5, 0.6) is 11.5 Å². The number of carbonyl (C=O) groups is 1. The SMILES string of the molecule is CCOc1ccc(OCC)c(NC(=O)c2oc3ccc(Br)cc3c2C)c1. The van der Waals surface area contributed by atoms with Gasteiger partial charge in [0.25, 0.3) is 5.91 Å². The van der Waals surface area contributed by atoms with E-state index in [9.17, 15) is 4.79 Å². The minimum absolute atomic E-state index is 0.280. The van der Waals surface area contributed by atoms with E-state index in [4.69, 9.17) is 13.9 Å². The van der Waals surface area contributed by atoms with Crippen LogP contribution in [0.4, 0.5) is 5.69 Å². The van der Waals surface area contributed by atoms with Gasteiger partial charge in [-0.1, -0.05) is 15.9 Å². The molecule has 1 amide bonds. The molecular weight excluding hydrogens is 398 g/mol. The van der Waals surface area contributed by atoms with Crippen molar-refractivity contribution < 1.29 is 18.7 Å². The van der Waals surface area contributed by atoms with Crippen LogP contribution >= 0.6 is 15.9 Å². The van der Waals surface area contributed by atoms with Crippen LogP contribution in [0.3, 0.4) is 0 Å². The lowest BCUT2D eigenvalue weighted by atomic mass is 10.1. The Kier molecular flexibility index (Phi) is 5.52. The van der Waals surface area contributed by atoms with Gasteiger partial charge in [0.15, 0.2) is 5.76 Å². The van der Waals surface area contributed by atoms with E-state index in [1.807, 2.05) is 45.0 Å². The molecule has 0 spiro atoms. The van der Waals surface area contributed by atoms with Gasteiger partial charge in [-0.25, -0.2) is 0 Å². The number of hydrogen-bond acceptors (Lipinski definition) is 4. The van der Waals surface area contributed by atoms with Gasteiger partial charge in [-0.05, 0) is 51.1 Å². The molecule has 0 saturated carbocycles. The average molecular weight is 418 g/mol. The molecule has 0 radical (unpaired) electrons. The van der Waals surface area contributed by atoms with Crippen LogP contribution in [0, 0.1) is 6.92 Å². The molecule has 1 aromatic heterocycles. The molecule has 6 heteroatoms. The van der Waals surface area contributed by atoms with Crippen LogP contribution in [-0.2, 0) is 0 Å². The predicted octanol–water partition coefficient (Wildman–Crippen LogP) is 5.55. The van der Waals surface area contributed by atoms with Gasteiger partial charge in [-0.3, -0.25) is 4.79 Å². The maximum Gasteiger partial charge on any atom is 0.291 e. The Morgan fingerprint density at radius 3 is 2.62 bits per heavy atom. The molecule has 0 aliphatic carbocycles. The first-order chi connectivity index (χ1) is 12.5. The molecule has 136 valence electrons. The van der Waals surface area contributed by atoms with Crippen molar-refractivity contribution >= 4 is 38.5 Å². The molecule has 0 atom stereocenters. The zero-order chi connectivity index (χ0) is 18.7. The first-order valence-electron chi connectivity index (χ1n) is 8.43. The number of aryl methyl sites for hydroxylation is 1. The second kappa shape index (κ2) is 7.83. The summed E-state index contributed by atoms with van der Waals surface area (Å²) in [5.74, 6) is 1.20. The third-order valence-electron chi connectivity index (χ3n) is 3.91. The molecule has 3 rings (SSSR count). The average Bonchev–Trinajstić information content (AvgIpc) is 2.94. The number of anilines is 1. The fourth-order valence-electron chi connectivity index (χ4n) is 2.73. The normalized spacial score (nSPS) is 10.8. The summed E-state index contributed by atoms with van der Waals surface area (Å²) in [6.45, 7) is 6.70. The van der Waals surface area contributed by atoms with Crippen molar-refractivity contribution in [2.24, 2.45) is 0 Å². The molecular formula is C20H20BrNO4. The number of nitrogens with one attached hydrogen (secondary N) is 1. The van der Waals surface area contributed by atoms with Crippen LogP contribution in [0.2, 0.25) is 0 Å². The Balaban J connectivity index is 1.94. The topological polar surface area (TPSA) is 60.7 Å². The van der Waals surface area contributed by atoms with Crippen LogP contribution < -0.4 is 14.8 Å². The summed E-state index contributed by atoms with van der Waals surface area (Å²) >= 11 is 3.44. The number of amides is 1. The van der Waals surface area contributed by atoms with Gasteiger partial charge in [0.2, 0.25) is 0 Å². The summed E-state index contributed by atoms with van der Waals surface area (Å²) in [7, 11) is 0. The van der Waals surface area contributed by atoms with Crippen molar-refractivity contribution in [3.8, 4) is 11.5 Å². The van der Waals surface area contributed by atoms with Crippen molar-refractivity contribution in [1.82, 2.24) is 0 Å². The van der Waals surface area contributed by atoms with E-state index in [2.05, 4.69) is 21.2 Å². The first kappa shape index (κ1) is 18.3. The molecule has 0 aliphatic heterocycles. The quantitative estimate of drug-likeness (QED) is 0.570. The standard InChI is InChI=1S/C20H20BrNO4/c1-4-24-14-7-9-18(25-5-2)16(11-14)22-20(23)19-12(3)15-10-13(21)6-8-17(15)26-19/h6-11H,4-5H2,1-3H3,(H,22,23). The van der Waals surface area contributed by atoms with E-state index in [-0.39, 0.29) is 11.7 Å². The molecule has 0 fully saturated rings. The molecule has 5 nitrogen and oxygen atoms in total.